The van der Waals surface area contributed by atoms with E-state index in [4.69, 9.17) is 9.47 Å². The summed E-state index contributed by atoms with van der Waals surface area (Å²) in [5, 5.41) is 4.91. The zero-order valence-electron chi connectivity index (χ0n) is 13.1. The first-order valence-corrected chi connectivity index (χ1v) is 8.37. The number of carbonyl (C=O) groups is 2. The first-order valence-electron chi connectivity index (χ1n) is 7.49. The summed E-state index contributed by atoms with van der Waals surface area (Å²) in [6.07, 6.45) is 1.90. The van der Waals surface area contributed by atoms with Gasteiger partial charge in [0.2, 0.25) is 0 Å². The Bertz CT molecular complexity index is 797. The summed E-state index contributed by atoms with van der Waals surface area (Å²) in [7, 11) is 0. The van der Waals surface area contributed by atoms with Crippen molar-refractivity contribution in [1.82, 2.24) is 4.98 Å². The maximum atomic E-state index is 12.3. The lowest BCUT2D eigenvalue weighted by Crippen LogP contribution is -2.21. The van der Waals surface area contributed by atoms with E-state index in [1.54, 1.807) is 18.4 Å². The van der Waals surface area contributed by atoms with Gasteiger partial charge in [0.15, 0.2) is 5.13 Å². The van der Waals surface area contributed by atoms with Crippen molar-refractivity contribution >= 4 is 34.4 Å². The van der Waals surface area contributed by atoms with Gasteiger partial charge in [0, 0.05) is 10.9 Å². The van der Waals surface area contributed by atoms with Gasteiger partial charge in [0.1, 0.15) is 12.4 Å². The Kier molecular flexibility index (Phi) is 4.90. The van der Waals surface area contributed by atoms with E-state index in [1.807, 2.05) is 24.3 Å². The minimum atomic E-state index is -0.333. The molecule has 3 rings (SSSR count). The molecule has 7 heteroatoms. The standard InChI is InChI=1S/C17H16N2O4S/c1-2-22-15(20)8-13-10-24-17(18-13)19-16(21)12-7-11-5-3-4-6-14(11)23-9-12/h3-7,10H,2,8-9H2,1H3,(H,18,19,21). The average Bonchev–Trinajstić information content (AvgIpc) is 3.01. The normalized spacial score (nSPS) is 12.6. The van der Waals surface area contributed by atoms with Crippen LogP contribution in [-0.2, 0) is 20.7 Å². The van der Waals surface area contributed by atoms with Crippen LogP contribution in [-0.4, -0.2) is 30.1 Å². The Hall–Kier alpha value is -2.67. The Morgan fingerprint density at radius 3 is 3.04 bits per heavy atom. The quantitative estimate of drug-likeness (QED) is 0.844. The highest BCUT2D eigenvalue weighted by atomic mass is 32.1. The molecule has 0 spiro atoms. The Balaban J connectivity index is 1.65. The molecule has 1 aromatic carbocycles. The SMILES string of the molecule is CCOC(=O)Cc1csc(NC(=O)C2=Cc3ccccc3OC2)n1. The van der Waals surface area contributed by atoms with E-state index in [0.717, 1.165) is 11.3 Å². The van der Waals surface area contributed by atoms with Crippen molar-refractivity contribution in [2.24, 2.45) is 0 Å². The summed E-state index contributed by atoms with van der Waals surface area (Å²) in [4.78, 5) is 28.0. The van der Waals surface area contributed by atoms with Crippen LogP contribution in [0, 0.1) is 0 Å². The first-order chi connectivity index (χ1) is 11.7. The summed E-state index contributed by atoms with van der Waals surface area (Å²) in [5.74, 6) is 0.169. The molecular weight excluding hydrogens is 328 g/mol. The lowest BCUT2D eigenvalue weighted by atomic mass is 10.1. The number of anilines is 1. The third-order valence-corrected chi connectivity index (χ3v) is 4.13. The van der Waals surface area contributed by atoms with E-state index in [9.17, 15) is 9.59 Å². The van der Waals surface area contributed by atoms with Gasteiger partial charge in [-0.2, -0.15) is 0 Å². The fourth-order valence-corrected chi connectivity index (χ4v) is 2.94. The predicted octanol–water partition coefficient (Wildman–Crippen LogP) is 2.66. The summed E-state index contributed by atoms with van der Waals surface area (Å²) in [6.45, 7) is 2.30. The number of aromatic nitrogens is 1. The fraction of sp³-hybridized carbons (Fsp3) is 0.235. The summed E-state index contributed by atoms with van der Waals surface area (Å²) < 4.78 is 10.4. The van der Waals surface area contributed by atoms with Crippen LogP contribution in [0.25, 0.3) is 6.08 Å². The van der Waals surface area contributed by atoms with Crippen LogP contribution in [0.15, 0.2) is 35.2 Å². The molecular formula is C17H16N2O4S. The van der Waals surface area contributed by atoms with Crippen LogP contribution in [0.3, 0.4) is 0 Å². The number of rotatable bonds is 5. The van der Waals surface area contributed by atoms with Crippen LogP contribution in [0.5, 0.6) is 5.75 Å². The number of para-hydroxylation sites is 1. The monoisotopic (exact) mass is 344 g/mol. The predicted molar refractivity (Wildman–Crippen MR) is 91.0 cm³/mol. The number of amides is 1. The zero-order chi connectivity index (χ0) is 16.9. The Morgan fingerprint density at radius 1 is 1.38 bits per heavy atom. The van der Waals surface area contributed by atoms with Crippen LogP contribution in [0.1, 0.15) is 18.2 Å². The van der Waals surface area contributed by atoms with Crippen molar-refractivity contribution in [3.05, 3.63) is 46.5 Å². The number of nitrogens with one attached hydrogen (secondary N) is 1. The second-order valence-corrected chi connectivity index (χ2v) is 5.93. The molecule has 0 bridgehead atoms. The number of hydrogen-bond acceptors (Lipinski definition) is 6. The van der Waals surface area contributed by atoms with Gasteiger partial charge in [-0.05, 0) is 19.1 Å². The molecule has 1 amide bonds. The largest absolute Gasteiger partial charge is 0.488 e. The molecule has 0 fully saturated rings. The lowest BCUT2D eigenvalue weighted by Gasteiger charge is -2.16. The van der Waals surface area contributed by atoms with E-state index < -0.39 is 0 Å². The lowest BCUT2D eigenvalue weighted by molar-refractivity contribution is -0.142. The molecule has 24 heavy (non-hydrogen) atoms. The molecule has 0 saturated heterocycles. The van der Waals surface area contributed by atoms with E-state index >= 15 is 0 Å². The number of nitrogens with zero attached hydrogens (tertiary/aromatic N) is 1. The number of thiazole rings is 1. The molecule has 124 valence electrons. The number of hydrogen-bond donors (Lipinski definition) is 1. The topological polar surface area (TPSA) is 77.5 Å². The molecule has 2 heterocycles. The van der Waals surface area contributed by atoms with Crippen molar-refractivity contribution in [3.63, 3.8) is 0 Å². The molecule has 0 saturated carbocycles. The number of benzene rings is 1. The van der Waals surface area contributed by atoms with Gasteiger partial charge in [-0.1, -0.05) is 18.2 Å². The van der Waals surface area contributed by atoms with E-state index in [2.05, 4.69) is 10.3 Å². The van der Waals surface area contributed by atoms with Crippen LogP contribution < -0.4 is 10.1 Å². The highest BCUT2D eigenvalue weighted by molar-refractivity contribution is 7.14. The van der Waals surface area contributed by atoms with Crippen molar-refractivity contribution in [1.29, 1.82) is 0 Å². The molecule has 1 aromatic heterocycles. The van der Waals surface area contributed by atoms with Gasteiger partial charge in [-0.25, -0.2) is 4.98 Å². The molecule has 0 atom stereocenters. The van der Waals surface area contributed by atoms with Gasteiger partial charge in [0.25, 0.3) is 5.91 Å². The maximum absolute atomic E-state index is 12.3. The van der Waals surface area contributed by atoms with Crippen LogP contribution >= 0.6 is 11.3 Å². The molecule has 6 nitrogen and oxygen atoms in total. The smallest absolute Gasteiger partial charge is 0.311 e. The second kappa shape index (κ2) is 7.27. The van der Waals surface area contributed by atoms with E-state index in [0.29, 0.717) is 23.0 Å². The number of esters is 1. The number of fused-ring (bicyclic) bond motifs is 1. The summed E-state index contributed by atoms with van der Waals surface area (Å²) in [6, 6.07) is 7.53. The van der Waals surface area contributed by atoms with Gasteiger partial charge in [-0.3, -0.25) is 14.9 Å². The minimum Gasteiger partial charge on any atom is -0.488 e. The second-order valence-electron chi connectivity index (χ2n) is 5.08. The van der Waals surface area contributed by atoms with Gasteiger partial charge < -0.3 is 9.47 Å². The van der Waals surface area contributed by atoms with E-state index in [1.165, 1.54) is 11.3 Å². The third-order valence-electron chi connectivity index (χ3n) is 3.33. The number of ether oxygens (including phenoxy) is 2. The van der Waals surface area contributed by atoms with Crippen LogP contribution in [0.2, 0.25) is 0 Å². The molecule has 0 radical (unpaired) electrons. The number of carbonyl (C=O) groups excluding carboxylic acids is 2. The van der Waals surface area contributed by atoms with Crippen LogP contribution in [0.4, 0.5) is 5.13 Å². The van der Waals surface area contributed by atoms with Gasteiger partial charge in [0.05, 0.1) is 24.3 Å². The third kappa shape index (κ3) is 3.80. The van der Waals surface area contributed by atoms with Gasteiger partial charge >= 0.3 is 5.97 Å². The summed E-state index contributed by atoms with van der Waals surface area (Å²) >= 11 is 1.27. The highest BCUT2D eigenvalue weighted by Crippen LogP contribution is 2.26. The molecule has 1 N–H and O–H groups in total. The molecule has 0 unspecified atom stereocenters. The fourth-order valence-electron chi connectivity index (χ4n) is 2.23. The Labute approximate surface area is 143 Å². The average molecular weight is 344 g/mol. The van der Waals surface area contributed by atoms with Crippen molar-refractivity contribution in [3.8, 4) is 5.75 Å². The Morgan fingerprint density at radius 2 is 2.21 bits per heavy atom. The van der Waals surface area contributed by atoms with Crippen molar-refractivity contribution in [2.75, 3.05) is 18.5 Å². The first kappa shape index (κ1) is 16.2. The highest BCUT2D eigenvalue weighted by Gasteiger charge is 2.18. The van der Waals surface area contributed by atoms with Crippen molar-refractivity contribution < 1.29 is 19.1 Å². The van der Waals surface area contributed by atoms with E-state index in [-0.39, 0.29) is 24.9 Å². The minimum absolute atomic E-state index is 0.0966. The molecule has 1 aliphatic rings. The molecule has 2 aromatic rings. The molecule has 0 aliphatic carbocycles. The zero-order valence-corrected chi connectivity index (χ0v) is 13.9. The van der Waals surface area contributed by atoms with Gasteiger partial charge in [-0.15, -0.1) is 11.3 Å². The van der Waals surface area contributed by atoms with Crippen molar-refractivity contribution in [2.45, 2.75) is 13.3 Å². The molecule has 1 aliphatic heterocycles. The maximum Gasteiger partial charge on any atom is 0.311 e. The summed E-state index contributed by atoms with van der Waals surface area (Å²) in [5.41, 5.74) is 1.97.